The molecule has 1 aliphatic heterocycles. The number of hydrogen-bond acceptors (Lipinski definition) is 8. The van der Waals surface area contributed by atoms with Crippen molar-refractivity contribution in [3.05, 3.63) is 12.2 Å². The molecule has 10 heteroatoms. The maximum absolute atomic E-state index is 11.1. The number of carbonyl (C=O) groups is 4. The van der Waals surface area contributed by atoms with E-state index in [-0.39, 0.29) is 11.8 Å². The van der Waals surface area contributed by atoms with E-state index in [0.29, 0.717) is 19.6 Å². The van der Waals surface area contributed by atoms with Crippen LogP contribution in [0.4, 0.5) is 4.79 Å². The Morgan fingerprint density at radius 3 is 2.48 bits per heavy atom. The smallest absolute Gasteiger partial charge is 0.418 e. The molecule has 27 heavy (non-hydrogen) atoms. The van der Waals surface area contributed by atoms with E-state index in [4.69, 9.17) is 4.74 Å². The maximum Gasteiger partial charge on any atom is 0.418 e. The Labute approximate surface area is 164 Å². The summed E-state index contributed by atoms with van der Waals surface area (Å²) in [6.07, 6.45) is 6.91. The molecule has 0 aromatic heterocycles. The lowest BCUT2D eigenvalue weighted by atomic mass is 10.2. The van der Waals surface area contributed by atoms with E-state index in [1.165, 1.54) is 17.1 Å². The highest BCUT2D eigenvalue weighted by atomic mass is 32.2. The molecule has 3 amide bonds. The van der Waals surface area contributed by atoms with Crippen molar-refractivity contribution in [1.29, 1.82) is 0 Å². The van der Waals surface area contributed by atoms with Gasteiger partial charge in [-0.1, -0.05) is 13.3 Å². The van der Waals surface area contributed by atoms with Crippen LogP contribution in [0.3, 0.4) is 0 Å². The van der Waals surface area contributed by atoms with Crippen LogP contribution in [0.1, 0.15) is 39.0 Å². The molecular weight excluding hydrogens is 372 g/mol. The molecule has 3 N–H and O–H groups in total. The van der Waals surface area contributed by atoms with Gasteiger partial charge in [-0.25, -0.2) is 9.52 Å². The summed E-state index contributed by atoms with van der Waals surface area (Å²) in [4.78, 5) is 44.2. The minimum atomic E-state index is -0.401. The molecule has 9 nitrogen and oxygen atoms in total. The van der Waals surface area contributed by atoms with Gasteiger partial charge in [0.1, 0.15) is 6.29 Å². The summed E-state index contributed by atoms with van der Waals surface area (Å²) >= 11 is 1.13. The zero-order valence-corrected chi connectivity index (χ0v) is 16.8. The minimum Gasteiger partial charge on any atom is -0.449 e. The molecule has 0 aromatic rings. The van der Waals surface area contributed by atoms with Crippen LogP contribution in [-0.4, -0.2) is 62.4 Å². The van der Waals surface area contributed by atoms with E-state index in [9.17, 15) is 19.2 Å². The van der Waals surface area contributed by atoms with Gasteiger partial charge in [0.2, 0.25) is 0 Å². The van der Waals surface area contributed by atoms with Crippen molar-refractivity contribution in [3.8, 4) is 0 Å². The summed E-state index contributed by atoms with van der Waals surface area (Å²) in [7, 11) is 1.86. The molecule has 1 aliphatic rings. The highest BCUT2D eigenvalue weighted by Crippen LogP contribution is 2.06. The van der Waals surface area contributed by atoms with Crippen molar-refractivity contribution < 1.29 is 23.9 Å². The van der Waals surface area contributed by atoms with E-state index in [1.807, 2.05) is 14.0 Å². The van der Waals surface area contributed by atoms with Gasteiger partial charge in [0.15, 0.2) is 0 Å². The summed E-state index contributed by atoms with van der Waals surface area (Å²) in [5, 5.41) is 2.96. The second kappa shape index (κ2) is 17.5. The molecule has 154 valence electrons. The second-order valence-corrected chi connectivity index (χ2v) is 6.17. The highest BCUT2D eigenvalue weighted by molar-refractivity contribution is 7.96. The van der Waals surface area contributed by atoms with E-state index in [0.717, 1.165) is 57.2 Å². The third kappa shape index (κ3) is 13.9. The molecule has 0 aliphatic carbocycles. The van der Waals surface area contributed by atoms with Crippen LogP contribution in [0.2, 0.25) is 0 Å². The Morgan fingerprint density at radius 1 is 1.19 bits per heavy atom. The average Bonchev–Trinajstić information content (AvgIpc) is 2.98. The number of hydrogen-bond donors (Lipinski definition) is 3. The first-order chi connectivity index (χ1) is 13.1. The number of imide groups is 1. The number of aldehydes is 1. The lowest BCUT2D eigenvalue weighted by molar-refractivity contribution is -0.136. The summed E-state index contributed by atoms with van der Waals surface area (Å²) in [6.45, 7) is 4.51. The van der Waals surface area contributed by atoms with Crippen molar-refractivity contribution in [2.45, 2.75) is 39.0 Å². The Bertz CT molecular complexity index is 470. The topological polar surface area (TPSA) is 117 Å². The van der Waals surface area contributed by atoms with Crippen molar-refractivity contribution in [1.82, 2.24) is 19.7 Å². The standard InChI is InChI=1S/C10H13NO3.C7H17N3O2S/c12-8-4-2-1-3-7-11-9(13)5-6-10(11)14;1-3-9-13-10-7(11)12-6-4-5-8-2/h5-6,8H,1-4,7H2;8-9H,3-6H2,1-2H3,(H,10,11). The van der Waals surface area contributed by atoms with E-state index in [1.54, 1.807) is 0 Å². The Morgan fingerprint density at radius 2 is 1.89 bits per heavy atom. The van der Waals surface area contributed by atoms with Crippen LogP contribution in [0.5, 0.6) is 0 Å². The van der Waals surface area contributed by atoms with Crippen molar-refractivity contribution in [2.75, 3.05) is 33.3 Å². The van der Waals surface area contributed by atoms with Gasteiger partial charge in [-0.15, -0.1) is 0 Å². The van der Waals surface area contributed by atoms with Crippen molar-refractivity contribution >= 4 is 36.3 Å². The number of unbranched alkanes of at least 4 members (excludes halogenated alkanes) is 3. The van der Waals surface area contributed by atoms with E-state index >= 15 is 0 Å². The number of nitrogens with zero attached hydrogens (tertiary/aromatic N) is 1. The lowest BCUT2D eigenvalue weighted by Crippen LogP contribution is -2.30. The largest absolute Gasteiger partial charge is 0.449 e. The Balaban J connectivity index is 0.000000503. The highest BCUT2D eigenvalue weighted by Gasteiger charge is 2.21. The SMILES string of the molecule is CCNSNC(=O)OCCCNC.O=CCCCCCN1C(=O)C=CC1=O. The predicted molar refractivity (Wildman–Crippen MR) is 105 cm³/mol. The molecule has 0 saturated heterocycles. The van der Waals surface area contributed by atoms with Gasteiger partial charge < -0.3 is 14.8 Å². The van der Waals surface area contributed by atoms with Crippen LogP contribution < -0.4 is 14.8 Å². The zero-order chi connectivity index (χ0) is 20.3. The Hall–Kier alpha value is -1.91. The molecule has 1 heterocycles. The van der Waals surface area contributed by atoms with Gasteiger partial charge >= 0.3 is 6.09 Å². The molecular formula is C17H30N4O5S. The van der Waals surface area contributed by atoms with Gasteiger partial charge in [0.25, 0.3) is 11.8 Å². The summed E-state index contributed by atoms with van der Waals surface area (Å²) in [5.74, 6) is -0.462. The summed E-state index contributed by atoms with van der Waals surface area (Å²) in [6, 6.07) is 0. The second-order valence-electron chi connectivity index (χ2n) is 5.47. The van der Waals surface area contributed by atoms with Gasteiger partial charge in [-0.05, 0) is 32.9 Å². The van der Waals surface area contributed by atoms with Crippen molar-refractivity contribution in [2.24, 2.45) is 0 Å². The average molecular weight is 403 g/mol. The molecule has 0 saturated carbocycles. The van der Waals surface area contributed by atoms with Crippen LogP contribution in [0, 0.1) is 0 Å². The van der Waals surface area contributed by atoms with Crippen LogP contribution in [-0.2, 0) is 19.1 Å². The molecule has 0 radical (unpaired) electrons. The third-order valence-electron chi connectivity index (χ3n) is 3.26. The van der Waals surface area contributed by atoms with Crippen LogP contribution in [0.25, 0.3) is 0 Å². The lowest BCUT2D eigenvalue weighted by Gasteiger charge is -2.12. The molecule has 1 rings (SSSR count). The fourth-order valence-electron chi connectivity index (χ4n) is 1.92. The molecule has 0 fully saturated rings. The summed E-state index contributed by atoms with van der Waals surface area (Å²) < 4.78 is 10.2. The number of carbonyl (C=O) groups excluding carboxylic acids is 4. The number of ether oxygens (including phenoxy) is 1. The molecule has 0 unspecified atom stereocenters. The van der Waals surface area contributed by atoms with Gasteiger partial charge in [0.05, 0.1) is 6.61 Å². The predicted octanol–water partition coefficient (Wildman–Crippen LogP) is 1.17. The molecule has 0 atom stereocenters. The van der Waals surface area contributed by atoms with E-state index < -0.39 is 6.09 Å². The minimum absolute atomic E-state index is 0.231. The van der Waals surface area contributed by atoms with Crippen LogP contribution >= 0.6 is 12.1 Å². The number of rotatable bonds is 13. The number of nitrogens with one attached hydrogen (secondary N) is 3. The van der Waals surface area contributed by atoms with Crippen molar-refractivity contribution in [3.63, 3.8) is 0 Å². The molecule has 0 spiro atoms. The maximum atomic E-state index is 11.1. The Kier molecular flexibility index (Phi) is 16.3. The van der Waals surface area contributed by atoms with Gasteiger partial charge in [-0.2, -0.15) is 0 Å². The molecule has 0 aromatic carbocycles. The number of amides is 3. The monoisotopic (exact) mass is 402 g/mol. The fraction of sp³-hybridized carbons (Fsp3) is 0.647. The quantitative estimate of drug-likeness (QED) is 0.182. The first kappa shape index (κ1) is 25.1. The summed E-state index contributed by atoms with van der Waals surface area (Å²) in [5.41, 5.74) is 0. The fourth-order valence-corrected chi connectivity index (χ4v) is 2.28. The van der Waals surface area contributed by atoms with E-state index in [2.05, 4.69) is 14.8 Å². The van der Waals surface area contributed by atoms with Gasteiger partial charge in [-0.3, -0.25) is 19.2 Å². The first-order valence-electron chi connectivity index (χ1n) is 9.00. The van der Waals surface area contributed by atoms with Gasteiger partial charge in [0, 0.05) is 43.8 Å². The molecule has 0 bridgehead atoms. The zero-order valence-electron chi connectivity index (χ0n) is 16.0. The first-order valence-corrected chi connectivity index (χ1v) is 9.81. The third-order valence-corrected chi connectivity index (χ3v) is 3.96. The van der Waals surface area contributed by atoms with Crippen LogP contribution in [0.15, 0.2) is 12.2 Å². The normalized spacial score (nSPS) is 12.6.